The van der Waals surface area contributed by atoms with Gasteiger partial charge in [0.25, 0.3) is 5.56 Å². The van der Waals surface area contributed by atoms with Gasteiger partial charge in [0.05, 0.1) is 6.61 Å². The summed E-state index contributed by atoms with van der Waals surface area (Å²) in [4.78, 5) is 30.8. The van der Waals surface area contributed by atoms with Crippen molar-refractivity contribution in [2.24, 2.45) is 0 Å². The Bertz CT molecular complexity index is 782. The molecule has 6 nitrogen and oxygen atoms in total. The van der Waals surface area contributed by atoms with Crippen molar-refractivity contribution < 1.29 is 9.53 Å². The van der Waals surface area contributed by atoms with Gasteiger partial charge >= 0.3 is 5.97 Å². The van der Waals surface area contributed by atoms with Crippen LogP contribution in [0.5, 0.6) is 0 Å². The SMILES string of the molecule is CCOC(=O)c1cnc2cc3c(cn2c1=O)CCCCN3C. The largest absolute Gasteiger partial charge is 0.462 e. The van der Waals surface area contributed by atoms with Gasteiger partial charge in [0, 0.05) is 37.7 Å². The third kappa shape index (κ3) is 2.45. The minimum Gasteiger partial charge on any atom is -0.462 e. The van der Waals surface area contributed by atoms with Gasteiger partial charge in [-0.2, -0.15) is 0 Å². The molecule has 3 heterocycles. The molecule has 2 aromatic heterocycles. The van der Waals surface area contributed by atoms with Crippen LogP contribution in [-0.4, -0.2) is 35.6 Å². The summed E-state index contributed by atoms with van der Waals surface area (Å²) in [6.45, 7) is 2.93. The Balaban J connectivity index is 2.17. The number of ether oxygens (including phenoxy) is 1. The third-order valence-electron chi connectivity index (χ3n) is 4.00. The Morgan fingerprint density at radius 1 is 1.41 bits per heavy atom. The van der Waals surface area contributed by atoms with Crippen LogP contribution in [0.3, 0.4) is 0 Å². The fourth-order valence-electron chi connectivity index (χ4n) is 2.83. The Morgan fingerprint density at radius 3 is 3.00 bits per heavy atom. The van der Waals surface area contributed by atoms with E-state index in [0.717, 1.165) is 37.1 Å². The van der Waals surface area contributed by atoms with Crippen LogP contribution < -0.4 is 10.5 Å². The van der Waals surface area contributed by atoms with E-state index in [2.05, 4.69) is 9.88 Å². The summed E-state index contributed by atoms with van der Waals surface area (Å²) in [5, 5.41) is 0. The lowest BCUT2D eigenvalue weighted by Gasteiger charge is -2.19. The smallest absolute Gasteiger partial charge is 0.345 e. The molecular formula is C16H19N3O3. The Hall–Kier alpha value is -2.37. The van der Waals surface area contributed by atoms with Gasteiger partial charge < -0.3 is 9.64 Å². The third-order valence-corrected chi connectivity index (χ3v) is 4.00. The van der Waals surface area contributed by atoms with Gasteiger partial charge in [0.1, 0.15) is 11.2 Å². The molecule has 0 bridgehead atoms. The zero-order valence-corrected chi connectivity index (χ0v) is 12.8. The summed E-state index contributed by atoms with van der Waals surface area (Å²) in [6.07, 6.45) is 6.25. The minimum absolute atomic E-state index is 0.0266. The molecule has 116 valence electrons. The number of rotatable bonds is 2. The lowest BCUT2D eigenvalue weighted by Crippen LogP contribution is -2.25. The Kier molecular flexibility index (Phi) is 3.83. The Labute approximate surface area is 128 Å². The number of carbonyl (C=O) groups is 1. The van der Waals surface area contributed by atoms with E-state index in [9.17, 15) is 9.59 Å². The summed E-state index contributed by atoms with van der Waals surface area (Å²) in [6, 6.07) is 1.91. The van der Waals surface area contributed by atoms with Crippen LogP contribution in [0, 0.1) is 0 Å². The molecule has 0 aromatic carbocycles. The lowest BCUT2D eigenvalue weighted by molar-refractivity contribution is 0.0523. The molecule has 0 radical (unpaired) electrons. The number of esters is 1. The van der Waals surface area contributed by atoms with Gasteiger partial charge in [-0.15, -0.1) is 0 Å². The zero-order chi connectivity index (χ0) is 15.7. The van der Waals surface area contributed by atoms with E-state index in [1.54, 1.807) is 6.92 Å². The van der Waals surface area contributed by atoms with Crippen molar-refractivity contribution in [3.05, 3.63) is 39.9 Å². The van der Waals surface area contributed by atoms with Crippen LogP contribution >= 0.6 is 0 Å². The number of anilines is 1. The maximum Gasteiger partial charge on any atom is 0.345 e. The molecule has 0 unspecified atom stereocenters. The highest BCUT2D eigenvalue weighted by Crippen LogP contribution is 2.25. The molecular weight excluding hydrogens is 282 g/mol. The number of carbonyl (C=O) groups excluding carboxylic acids is 1. The van der Waals surface area contributed by atoms with Crippen LogP contribution in [0.2, 0.25) is 0 Å². The molecule has 1 aliphatic rings. The molecule has 0 fully saturated rings. The van der Waals surface area contributed by atoms with Crippen LogP contribution in [0.4, 0.5) is 5.69 Å². The summed E-state index contributed by atoms with van der Waals surface area (Å²) in [5.41, 5.74) is 2.36. The fourth-order valence-corrected chi connectivity index (χ4v) is 2.83. The summed E-state index contributed by atoms with van der Waals surface area (Å²) >= 11 is 0. The van der Waals surface area contributed by atoms with Crippen molar-refractivity contribution in [3.8, 4) is 0 Å². The topological polar surface area (TPSA) is 63.9 Å². The van der Waals surface area contributed by atoms with Gasteiger partial charge in [-0.25, -0.2) is 9.78 Å². The van der Waals surface area contributed by atoms with Crippen molar-refractivity contribution in [3.63, 3.8) is 0 Å². The van der Waals surface area contributed by atoms with Crippen LogP contribution in [-0.2, 0) is 11.2 Å². The van der Waals surface area contributed by atoms with Gasteiger partial charge in [-0.05, 0) is 31.7 Å². The quantitative estimate of drug-likeness (QED) is 0.789. The second-order valence-electron chi connectivity index (χ2n) is 5.49. The molecule has 0 spiro atoms. The van der Waals surface area contributed by atoms with Crippen LogP contribution in [0.15, 0.2) is 23.3 Å². The first kappa shape index (κ1) is 14.6. The summed E-state index contributed by atoms with van der Waals surface area (Å²) in [5.74, 6) is -0.624. The molecule has 0 aliphatic carbocycles. The maximum absolute atomic E-state index is 12.5. The van der Waals surface area contributed by atoms with Crippen molar-refractivity contribution in [2.75, 3.05) is 25.1 Å². The standard InChI is InChI=1S/C16H19N3O3/c1-3-22-16(21)12-9-17-14-8-13-11(10-19(14)15(12)20)6-4-5-7-18(13)2/h8-10H,3-7H2,1-2H3. The summed E-state index contributed by atoms with van der Waals surface area (Å²) < 4.78 is 6.36. The number of pyridine rings is 1. The normalized spacial score (nSPS) is 14.5. The highest BCUT2D eigenvalue weighted by Gasteiger charge is 2.18. The first-order valence-corrected chi connectivity index (χ1v) is 7.54. The molecule has 0 saturated heterocycles. The first-order valence-electron chi connectivity index (χ1n) is 7.54. The van der Waals surface area contributed by atoms with Crippen molar-refractivity contribution in [1.82, 2.24) is 9.38 Å². The second kappa shape index (κ2) is 5.79. The van der Waals surface area contributed by atoms with E-state index in [1.807, 2.05) is 19.3 Å². The zero-order valence-electron chi connectivity index (χ0n) is 12.8. The molecule has 2 aromatic rings. The van der Waals surface area contributed by atoms with E-state index < -0.39 is 5.97 Å². The number of aromatic nitrogens is 2. The second-order valence-corrected chi connectivity index (χ2v) is 5.49. The van der Waals surface area contributed by atoms with Crippen LogP contribution in [0.1, 0.15) is 35.7 Å². The van der Waals surface area contributed by atoms with Gasteiger partial charge in [-0.1, -0.05) is 0 Å². The maximum atomic E-state index is 12.5. The molecule has 22 heavy (non-hydrogen) atoms. The predicted molar refractivity (Wildman–Crippen MR) is 83.6 cm³/mol. The lowest BCUT2D eigenvalue weighted by atomic mass is 10.1. The highest BCUT2D eigenvalue weighted by atomic mass is 16.5. The van der Waals surface area contributed by atoms with Crippen LogP contribution in [0.25, 0.3) is 5.65 Å². The Morgan fingerprint density at radius 2 is 2.23 bits per heavy atom. The van der Waals surface area contributed by atoms with E-state index in [1.165, 1.54) is 10.6 Å². The molecule has 0 saturated carbocycles. The van der Waals surface area contributed by atoms with Gasteiger partial charge in [-0.3, -0.25) is 9.20 Å². The average Bonchev–Trinajstić information content (AvgIpc) is 2.68. The highest BCUT2D eigenvalue weighted by molar-refractivity contribution is 5.88. The summed E-state index contributed by atoms with van der Waals surface area (Å²) in [7, 11) is 2.05. The predicted octanol–water partition coefficient (Wildman–Crippen LogP) is 1.64. The number of nitrogens with zero attached hydrogens (tertiary/aromatic N) is 3. The minimum atomic E-state index is -0.624. The number of hydrogen-bond donors (Lipinski definition) is 0. The number of fused-ring (bicyclic) bond motifs is 2. The van der Waals surface area contributed by atoms with Crippen molar-refractivity contribution in [2.45, 2.75) is 26.2 Å². The molecule has 6 heteroatoms. The number of aryl methyl sites for hydroxylation is 1. The van der Waals surface area contributed by atoms with Crippen molar-refractivity contribution in [1.29, 1.82) is 0 Å². The monoisotopic (exact) mass is 301 g/mol. The van der Waals surface area contributed by atoms with E-state index in [0.29, 0.717) is 5.65 Å². The first-order chi connectivity index (χ1) is 10.6. The molecule has 0 amide bonds. The van der Waals surface area contributed by atoms with E-state index >= 15 is 0 Å². The molecule has 3 rings (SSSR count). The fraction of sp³-hybridized carbons (Fsp3) is 0.438. The van der Waals surface area contributed by atoms with E-state index in [4.69, 9.17) is 4.74 Å². The number of hydrogen-bond acceptors (Lipinski definition) is 5. The average molecular weight is 301 g/mol. The van der Waals surface area contributed by atoms with E-state index in [-0.39, 0.29) is 17.7 Å². The molecule has 0 atom stereocenters. The van der Waals surface area contributed by atoms with Gasteiger partial charge in [0.2, 0.25) is 0 Å². The van der Waals surface area contributed by atoms with Crippen molar-refractivity contribution >= 4 is 17.3 Å². The molecule has 1 aliphatic heterocycles. The van der Waals surface area contributed by atoms with Gasteiger partial charge in [0.15, 0.2) is 0 Å². The molecule has 0 N–H and O–H groups in total.